The molecule has 0 saturated carbocycles. The first-order chi connectivity index (χ1) is 6.16. The summed E-state index contributed by atoms with van der Waals surface area (Å²) in [5.74, 6) is 0. The van der Waals surface area contributed by atoms with Gasteiger partial charge in [-0.2, -0.15) is 10.4 Å². The van der Waals surface area contributed by atoms with Gasteiger partial charge in [-0.25, -0.2) is 8.78 Å². The van der Waals surface area contributed by atoms with Crippen molar-refractivity contribution >= 4 is 5.69 Å². The Hall–Kier alpha value is -1.64. The van der Waals surface area contributed by atoms with E-state index < -0.39 is 6.43 Å². The zero-order chi connectivity index (χ0) is 9.84. The Morgan fingerprint density at radius 2 is 2.38 bits per heavy atom. The van der Waals surface area contributed by atoms with E-state index in [1.807, 2.05) is 6.07 Å². The van der Waals surface area contributed by atoms with E-state index in [1.54, 1.807) is 0 Å². The van der Waals surface area contributed by atoms with Gasteiger partial charge in [0, 0.05) is 0 Å². The number of aromatic nitrogens is 2. The summed E-state index contributed by atoms with van der Waals surface area (Å²) in [5, 5.41) is 11.9. The van der Waals surface area contributed by atoms with Gasteiger partial charge >= 0.3 is 0 Å². The lowest BCUT2D eigenvalue weighted by Crippen LogP contribution is -2.06. The minimum absolute atomic E-state index is 0.0343. The number of nitrogen functional groups attached to an aromatic ring is 1. The second kappa shape index (κ2) is 3.85. The van der Waals surface area contributed by atoms with Crippen LogP contribution in [0.2, 0.25) is 0 Å². The van der Waals surface area contributed by atoms with Gasteiger partial charge in [0.1, 0.15) is 5.69 Å². The van der Waals surface area contributed by atoms with Crippen molar-refractivity contribution in [3.8, 4) is 6.07 Å². The first kappa shape index (κ1) is 9.45. The van der Waals surface area contributed by atoms with Gasteiger partial charge < -0.3 is 5.73 Å². The standard InChI is InChI=1S/C7H8F2N4/c8-7(9)6-5(11)4-12-13(6)3-1-2-10/h4,7H,1,3,11H2. The fourth-order valence-corrected chi connectivity index (χ4v) is 0.982. The molecule has 4 nitrogen and oxygen atoms in total. The summed E-state index contributed by atoms with van der Waals surface area (Å²) in [6.45, 7) is 0.146. The van der Waals surface area contributed by atoms with Crippen molar-refractivity contribution in [2.24, 2.45) is 0 Å². The van der Waals surface area contributed by atoms with Crippen LogP contribution in [0.3, 0.4) is 0 Å². The highest BCUT2D eigenvalue weighted by atomic mass is 19.3. The number of alkyl halides is 2. The van der Waals surface area contributed by atoms with Crippen LogP contribution in [0, 0.1) is 11.3 Å². The zero-order valence-electron chi connectivity index (χ0n) is 6.74. The molecule has 0 bridgehead atoms. The van der Waals surface area contributed by atoms with Crippen molar-refractivity contribution < 1.29 is 8.78 Å². The van der Waals surface area contributed by atoms with Gasteiger partial charge in [0.15, 0.2) is 0 Å². The molecule has 1 aromatic rings. The fourth-order valence-electron chi connectivity index (χ4n) is 0.982. The number of hydrogen-bond acceptors (Lipinski definition) is 3. The largest absolute Gasteiger partial charge is 0.396 e. The van der Waals surface area contributed by atoms with Crippen LogP contribution in [-0.2, 0) is 6.54 Å². The Morgan fingerprint density at radius 3 is 2.92 bits per heavy atom. The van der Waals surface area contributed by atoms with E-state index in [4.69, 9.17) is 11.0 Å². The third-order valence-corrected chi connectivity index (χ3v) is 1.55. The van der Waals surface area contributed by atoms with E-state index in [9.17, 15) is 8.78 Å². The smallest absolute Gasteiger partial charge is 0.282 e. The molecular weight excluding hydrogens is 178 g/mol. The maximum Gasteiger partial charge on any atom is 0.282 e. The minimum atomic E-state index is -2.65. The molecule has 1 heterocycles. The highest BCUT2D eigenvalue weighted by Crippen LogP contribution is 2.24. The van der Waals surface area contributed by atoms with Crippen LogP contribution in [0.4, 0.5) is 14.5 Å². The predicted molar refractivity (Wildman–Crippen MR) is 41.8 cm³/mol. The van der Waals surface area contributed by atoms with E-state index in [1.165, 1.54) is 6.20 Å². The van der Waals surface area contributed by atoms with Crippen LogP contribution < -0.4 is 5.73 Å². The molecule has 0 amide bonds. The summed E-state index contributed by atoms with van der Waals surface area (Å²) in [7, 11) is 0. The number of nitrogens with two attached hydrogens (primary N) is 1. The third kappa shape index (κ3) is 1.93. The van der Waals surface area contributed by atoms with Crippen LogP contribution in [0.25, 0.3) is 0 Å². The third-order valence-electron chi connectivity index (χ3n) is 1.55. The van der Waals surface area contributed by atoms with Crippen molar-refractivity contribution in [2.75, 3.05) is 5.73 Å². The van der Waals surface area contributed by atoms with Crippen LogP contribution >= 0.6 is 0 Å². The van der Waals surface area contributed by atoms with Gasteiger partial charge in [-0.1, -0.05) is 0 Å². The molecular formula is C7H8F2N4. The number of nitriles is 1. The highest BCUT2D eigenvalue weighted by molar-refractivity contribution is 5.41. The predicted octanol–water partition coefficient (Wildman–Crippen LogP) is 1.32. The second-order valence-corrected chi connectivity index (χ2v) is 2.42. The lowest BCUT2D eigenvalue weighted by Gasteiger charge is -2.04. The summed E-state index contributed by atoms with van der Waals surface area (Å²) in [4.78, 5) is 0. The van der Waals surface area contributed by atoms with Crippen molar-refractivity contribution in [2.45, 2.75) is 19.4 Å². The van der Waals surface area contributed by atoms with Crippen LogP contribution in [0.1, 0.15) is 18.5 Å². The summed E-state index contributed by atoms with van der Waals surface area (Å²) < 4.78 is 25.7. The maximum absolute atomic E-state index is 12.3. The molecule has 0 atom stereocenters. The van der Waals surface area contributed by atoms with Crippen molar-refractivity contribution in [3.63, 3.8) is 0 Å². The minimum Gasteiger partial charge on any atom is -0.396 e. The Labute approximate surface area is 73.6 Å². The number of hydrogen-bond donors (Lipinski definition) is 1. The molecule has 1 aromatic heterocycles. The zero-order valence-corrected chi connectivity index (χ0v) is 6.74. The number of aryl methyl sites for hydroxylation is 1. The maximum atomic E-state index is 12.3. The lowest BCUT2D eigenvalue weighted by molar-refractivity contribution is 0.140. The SMILES string of the molecule is N#CCCn1ncc(N)c1C(F)F. The molecule has 0 fully saturated rings. The average molecular weight is 186 g/mol. The highest BCUT2D eigenvalue weighted by Gasteiger charge is 2.17. The molecule has 6 heteroatoms. The lowest BCUT2D eigenvalue weighted by atomic mass is 10.3. The molecule has 0 saturated heterocycles. The Bertz CT molecular complexity index is 326. The van der Waals surface area contributed by atoms with E-state index in [0.717, 1.165) is 4.68 Å². The molecule has 1 rings (SSSR count). The number of nitrogens with zero attached hydrogens (tertiary/aromatic N) is 3. The van der Waals surface area contributed by atoms with Crippen LogP contribution in [0.5, 0.6) is 0 Å². The Balaban J connectivity index is 2.88. The first-order valence-electron chi connectivity index (χ1n) is 3.63. The topological polar surface area (TPSA) is 67.6 Å². The van der Waals surface area contributed by atoms with Crippen molar-refractivity contribution in [1.29, 1.82) is 5.26 Å². The van der Waals surface area contributed by atoms with E-state index in [-0.39, 0.29) is 24.3 Å². The summed E-state index contributed by atoms with van der Waals surface area (Å²) >= 11 is 0. The average Bonchev–Trinajstić information content (AvgIpc) is 2.43. The number of halogens is 2. The van der Waals surface area contributed by atoms with Crippen molar-refractivity contribution in [3.05, 3.63) is 11.9 Å². The summed E-state index contributed by atoms with van der Waals surface area (Å²) in [6.07, 6.45) is -1.35. The van der Waals surface area contributed by atoms with Gasteiger partial charge in [0.2, 0.25) is 0 Å². The molecule has 0 radical (unpaired) electrons. The Morgan fingerprint density at radius 1 is 1.69 bits per heavy atom. The first-order valence-corrected chi connectivity index (χ1v) is 3.63. The van der Waals surface area contributed by atoms with Crippen LogP contribution in [-0.4, -0.2) is 9.78 Å². The molecule has 2 N–H and O–H groups in total. The quantitative estimate of drug-likeness (QED) is 0.773. The number of anilines is 1. The summed E-state index contributed by atoms with van der Waals surface area (Å²) in [5.41, 5.74) is 4.92. The molecule has 0 unspecified atom stereocenters. The molecule has 0 aliphatic carbocycles. The van der Waals surface area contributed by atoms with E-state index >= 15 is 0 Å². The van der Waals surface area contributed by atoms with Gasteiger partial charge in [-0.3, -0.25) is 4.68 Å². The second-order valence-electron chi connectivity index (χ2n) is 2.42. The van der Waals surface area contributed by atoms with Gasteiger partial charge in [0.05, 0.1) is 30.9 Å². The van der Waals surface area contributed by atoms with Crippen LogP contribution in [0.15, 0.2) is 6.20 Å². The van der Waals surface area contributed by atoms with E-state index in [0.29, 0.717) is 0 Å². The molecule has 0 aliphatic heterocycles. The fraction of sp³-hybridized carbons (Fsp3) is 0.429. The van der Waals surface area contributed by atoms with E-state index in [2.05, 4.69) is 5.10 Å². The monoisotopic (exact) mass is 186 g/mol. The Kier molecular flexibility index (Phi) is 2.80. The molecule has 0 aliphatic rings. The van der Waals surface area contributed by atoms with Gasteiger partial charge in [-0.15, -0.1) is 0 Å². The molecule has 13 heavy (non-hydrogen) atoms. The molecule has 70 valence electrons. The van der Waals surface area contributed by atoms with Gasteiger partial charge in [-0.05, 0) is 0 Å². The normalized spacial score (nSPS) is 10.3. The molecule has 0 spiro atoms. The molecule has 0 aromatic carbocycles. The summed E-state index contributed by atoms with van der Waals surface area (Å²) in [6, 6.07) is 1.85. The number of rotatable bonds is 3. The van der Waals surface area contributed by atoms with Crippen molar-refractivity contribution in [1.82, 2.24) is 9.78 Å². The van der Waals surface area contributed by atoms with Gasteiger partial charge in [0.25, 0.3) is 6.43 Å².